The summed E-state index contributed by atoms with van der Waals surface area (Å²) in [6, 6.07) is 10.1. The number of carbonyl (C=O) groups excluding carboxylic acids is 1. The van der Waals surface area contributed by atoms with Gasteiger partial charge < -0.3 is 15.0 Å². The Morgan fingerprint density at radius 2 is 2.07 bits per heavy atom. The number of hydrogen-bond donors (Lipinski definition) is 1. The van der Waals surface area contributed by atoms with E-state index in [-0.39, 0.29) is 11.5 Å². The Balaban J connectivity index is 1.41. The lowest BCUT2D eigenvalue weighted by Crippen LogP contribution is -2.32. The van der Waals surface area contributed by atoms with E-state index in [4.69, 9.17) is 4.74 Å². The van der Waals surface area contributed by atoms with Gasteiger partial charge in [-0.15, -0.1) is 0 Å². The Hall–Kier alpha value is -2.56. The first-order chi connectivity index (χ1) is 14.0. The summed E-state index contributed by atoms with van der Waals surface area (Å²) < 4.78 is 5.60. The molecular weight excluding hydrogens is 362 g/mol. The van der Waals surface area contributed by atoms with Gasteiger partial charge in [0.2, 0.25) is 0 Å². The lowest BCUT2D eigenvalue weighted by atomic mass is 9.87. The Labute approximate surface area is 173 Å². The molecule has 1 aromatic carbocycles. The van der Waals surface area contributed by atoms with Crippen LogP contribution < -0.4 is 15.0 Å². The van der Waals surface area contributed by atoms with Crippen LogP contribution in [-0.2, 0) is 12.0 Å². The van der Waals surface area contributed by atoms with Crippen molar-refractivity contribution in [2.45, 2.75) is 57.9 Å². The summed E-state index contributed by atoms with van der Waals surface area (Å²) in [5.41, 5.74) is 3.61. The first-order valence-corrected chi connectivity index (χ1v) is 10.8. The topological polar surface area (TPSA) is 54.5 Å². The molecule has 4 rings (SSSR count). The molecule has 0 spiro atoms. The summed E-state index contributed by atoms with van der Waals surface area (Å²) in [5, 5.41) is 2.95. The number of pyridine rings is 1. The molecule has 1 aliphatic heterocycles. The number of rotatable bonds is 5. The fraction of sp³-hybridized carbons (Fsp3) is 0.500. The molecule has 2 aliphatic rings. The van der Waals surface area contributed by atoms with Crippen LogP contribution in [-0.4, -0.2) is 24.2 Å². The summed E-state index contributed by atoms with van der Waals surface area (Å²) >= 11 is 0. The smallest absolute Gasteiger partial charge is 0.410 e. The summed E-state index contributed by atoms with van der Waals surface area (Å²) in [6.07, 6.45) is 9.66. The van der Waals surface area contributed by atoms with Crippen LogP contribution in [0.1, 0.15) is 57.1 Å². The molecule has 1 aliphatic carbocycles. The van der Waals surface area contributed by atoms with Gasteiger partial charge >= 0.3 is 6.09 Å². The molecule has 5 heteroatoms. The van der Waals surface area contributed by atoms with Crippen molar-refractivity contribution in [1.29, 1.82) is 0 Å². The van der Waals surface area contributed by atoms with Crippen molar-refractivity contribution in [3.05, 3.63) is 53.9 Å². The number of amides is 1. The zero-order valence-corrected chi connectivity index (χ0v) is 17.5. The van der Waals surface area contributed by atoms with Crippen LogP contribution in [0.25, 0.3) is 0 Å². The highest BCUT2D eigenvalue weighted by Crippen LogP contribution is 2.42. The van der Waals surface area contributed by atoms with Crippen LogP contribution in [0.15, 0.2) is 42.7 Å². The van der Waals surface area contributed by atoms with E-state index in [0.29, 0.717) is 18.2 Å². The molecule has 5 nitrogen and oxygen atoms in total. The quantitative estimate of drug-likeness (QED) is 0.772. The van der Waals surface area contributed by atoms with E-state index in [1.165, 1.54) is 48.9 Å². The Morgan fingerprint density at radius 3 is 2.83 bits per heavy atom. The lowest BCUT2D eigenvalue weighted by molar-refractivity contribution is 0.196. The van der Waals surface area contributed by atoms with Crippen LogP contribution in [0.5, 0.6) is 5.75 Å². The van der Waals surface area contributed by atoms with Crippen molar-refractivity contribution in [2.24, 2.45) is 5.92 Å². The van der Waals surface area contributed by atoms with Crippen LogP contribution in [0.3, 0.4) is 0 Å². The van der Waals surface area contributed by atoms with Crippen LogP contribution >= 0.6 is 0 Å². The number of benzene rings is 1. The SMILES string of the molecule is CC1(C)CN(Cc2cccnc2)c2ccc(OC(=O)NCC3CCCCC3)cc21. The minimum absolute atomic E-state index is 0.00448. The molecule has 0 unspecified atom stereocenters. The zero-order valence-electron chi connectivity index (χ0n) is 17.5. The van der Waals surface area contributed by atoms with Crippen molar-refractivity contribution in [1.82, 2.24) is 10.3 Å². The second-order valence-electron chi connectivity index (χ2n) is 9.05. The molecule has 2 heterocycles. The number of hydrogen-bond acceptors (Lipinski definition) is 4. The van der Waals surface area contributed by atoms with E-state index in [1.807, 2.05) is 24.4 Å². The molecule has 0 atom stereocenters. The molecule has 29 heavy (non-hydrogen) atoms. The van der Waals surface area contributed by atoms with Crippen molar-refractivity contribution >= 4 is 11.8 Å². The van der Waals surface area contributed by atoms with Crippen LogP contribution in [0, 0.1) is 5.92 Å². The third-order valence-corrected chi connectivity index (χ3v) is 6.19. The van der Waals surface area contributed by atoms with Crippen molar-refractivity contribution in [3.63, 3.8) is 0 Å². The minimum atomic E-state index is -0.349. The second-order valence-corrected chi connectivity index (χ2v) is 9.05. The maximum absolute atomic E-state index is 12.3. The molecule has 0 saturated heterocycles. The predicted molar refractivity (Wildman–Crippen MR) is 115 cm³/mol. The van der Waals surface area contributed by atoms with E-state index < -0.39 is 0 Å². The molecule has 1 N–H and O–H groups in total. The van der Waals surface area contributed by atoms with Gasteiger partial charge in [-0.1, -0.05) is 39.2 Å². The first kappa shape index (κ1) is 19.7. The Morgan fingerprint density at radius 1 is 1.24 bits per heavy atom. The van der Waals surface area contributed by atoms with E-state index in [1.54, 1.807) is 6.20 Å². The van der Waals surface area contributed by atoms with E-state index in [2.05, 4.69) is 41.2 Å². The summed E-state index contributed by atoms with van der Waals surface area (Å²) in [4.78, 5) is 18.9. The number of nitrogens with zero attached hydrogens (tertiary/aromatic N) is 2. The van der Waals surface area contributed by atoms with Gasteiger partial charge in [-0.25, -0.2) is 4.79 Å². The predicted octanol–water partition coefficient (Wildman–Crippen LogP) is 5.05. The highest BCUT2D eigenvalue weighted by molar-refractivity contribution is 5.72. The molecule has 2 aromatic rings. The number of aromatic nitrogens is 1. The molecule has 1 amide bonds. The van der Waals surface area contributed by atoms with Crippen molar-refractivity contribution in [3.8, 4) is 5.75 Å². The molecule has 154 valence electrons. The average Bonchev–Trinajstić information content (AvgIpc) is 2.97. The lowest BCUT2D eigenvalue weighted by Gasteiger charge is -2.22. The highest BCUT2D eigenvalue weighted by Gasteiger charge is 2.35. The van der Waals surface area contributed by atoms with E-state index in [0.717, 1.165) is 13.1 Å². The van der Waals surface area contributed by atoms with Gasteiger partial charge in [-0.3, -0.25) is 4.98 Å². The molecule has 0 radical (unpaired) electrons. The Bertz CT molecular complexity index is 844. The summed E-state index contributed by atoms with van der Waals surface area (Å²) in [6.45, 7) is 6.94. The average molecular weight is 394 g/mol. The normalized spacial score (nSPS) is 18.3. The van der Waals surface area contributed by atoms with Gasteiger partial charge in [0.05, 0.1) is 0 Å². The first-order valence-electron chi connectivity index (χ1n) is 10.8. The number of ether oxygens (including phenoxy) is 1. The van der Waals surface area contributed by atoms with Crippen LogP contribution in [0.4, 0.5) is 10.5 Å². The number of anilines is 1. The standard InChI is InChI=1S/C24H31N3O2/c1-24(2)17-27(16-19-9-6-12-25-14-19)22-11-10-20(13-21(22)24)29-23(28)26-15-18-7-4-3-5-8-18/h6,9-14,18H,3-5,7-8,15-17H2,1-2H3,(H,26,28). The minimum Gasteiger partial charge on any atom is -0.410 e. The second kappa shape index (κ2) is 8.44. The highest BCUT2D eigenvalue weighted by atomic mass is 16.6. The van der Waals surface area contributed by atoms with Crippen molar-refractivity contribution < 1.29 is 9.53 Å². The van der Waals surface area contributed by atoms with Gasteiger partial charge in [0.15, 0.2) is 0 Å². The third kappa shape index (κ3) is 4.72. The third-order valence-electron chi connectivity index (χ3n) is 6.19. The molecule has 1 aromatic heterocycles. The summed E-state index contributed by atoms with van der Waals surface area (Å²) in [7, 11) is 0. The van der Waals surface area contributed by atoms with Gasteiger partial charge in [0.25, 0.3) is 0 Å². The fourth-order valence-electron chi connectivity index (χ4n) is 4.66. The fourth-order valence-corrected chi connectivity index (χ4v) is 4.66. The monoisotopic (exact) mass is 393 g/mol. The van der Waals surface area contributed by atoms with Gasteiger partial charge in [-0.2, -0.15) is 0 Å². The van der Waals surface area contributed by atoms with E-state index in [9.17, 15) is 4.79 Å². The molecule has 0 bridgehead atoms. The summed E-state index contributed by atoms with van der Waals surface area (Å²) in [5.74, 6) is 1.21. The van der Waals surface area contributed by atoms with Crippen LogP contribution in [0.2, 0.25) is 0 Å². The largest absolute Gasteiger partial charge is 0.412 e. The Kier molecular flexibility index (Phi) is 5.74. The molecule has 1 fully saturated rings. The molecule has 1 saturated carbocycles. The number of carbonyl (C=O) groups is 1. The van der Waals surface area contributed by atoms with Gasteiger partial charge in [-0.05, 0) is 54.2 Å². The van der Waals surface area contributed by atoms with Crippen molar-refractivity contribution in [2.75, 3.05) is 18.0 Å². The van der Waals surface area contributed by atoms with Gasteiger partial charge in [0.1, 0.15) is 5.75 Å². The molecular formula is C24H31N3O2. The van der Waals surface area contributed by atoms with Gasteiger partial charge in [0, 0.05) is 43.1 Å². The van der Waals surface area contributed by atoms with E-state index >= 15 is 0 Å². The maximum atomic E-state index is 12.3. The number of fused-ring (bicyclic) bond motifs is 1. The maximum Gasteiger partial charge on any atom is 0.412 e. The number of nitrogens with one attached hydrogen (secondary N) is 1. The zero-order chi connectivity index (χ0) is 20.3.